The molecule has 1 aromatic rings. The van der Waals surface area contributed by atoms with Crippen LogP contribution in [0.3, 0.4) is 0 Å². The molecule has 16 heavy (non-hydrogen) atoms. The summed E-state index contributed by atoms with van der Waals surface area (Å²) in [5, 5.41) is 3.63. The Balaban J connectivity index is 2.07. The predicted octanol–water partition coefficient (Wildman–Crippen LogP) is 3.42. The largest absolute Gasteiger partial charge is 0.399 e. The van der Waals surface area contributed by atoms with E-state index in [0.29, 0.717) is 6.04 Å². The maximum absolute atomic E-state index is 5.82. The van der Waals surface area contributed by atoms with Crippen molar-refractivity contribution in [1.82, 2.24) is 0 Å². The van der Waals surface area contributed by atoms with E-state index in [9.17, 15) is 0 Å². The second-order valence-electron chi connectivity index (χ2n) is 5.24. The fourth-order valence-electron chi connectivity index (χ4n) is 2.55. The SMILES string of the molecule is Cc1cc(NC2CCC(C)C2C)ccc1N. The molecule has 1 fully saturated rings. The van der Waals surface area contributed by atoms with E-state index in [2.05, 4.69) is 38.2 Å². The third-order valence-electron chi connectivity index (χ3n) is 4.09. The average molecular weight is 218 g/mol. The lowest BCUT2D eigenvalue weighted by Gasteiger charge is -2.21. The van der Waals surface area contributed by atoms with Crippen molar-refractivity contribution in [3.8, 4) is 0 Å². The van der Waals surface area contributed by atoms with Gasteiger partial charge in [-0.3, -0.25) is 0 Å². The Morgan fingerprint density at radius 3 is 2.56 bits per heavy atom. The van der Waals surface area contributed by atoms with Crippen LogP contribution in [0.15, 0.2) is 18.2 Å². The minimum atomic E-state index is 0.623. The topological polar surface area (TPSA) is 38.0 Å². The van der Waals surface area contributed by atoms with Gasteiger partial charge in [-0.05, 0) is 55.4 Å². The lowest BCUT2D eigenvalue weighted by molar-refractivity contribution is 0.435. The molecule has 88 valence electrons. The molecule has 0 amide bonds. The highest BCUT2D eigenvalue weighted by Gasteiger charge is 2.29. The van der Waals surface area contributed by atoms with Gasteiger partial charge in [-0.1, -0.05) is 13.8 Å². The van der Waals surface area contributed by atoms with Crippen LogP contribution < -0.4 is 11.1 Å². The monoisotopic (exact) mass is 218 g/mol. The van der Waals surface area contributed by atoms with Crippen LogP contribution in [0.25, 0.3) is 0 Å². The van der Waals surface area contributed by atoms with Crippen molar-refractivity contribution in [2.24, 2.45) is 11.8 Å². The van der Waals surface area contributed by atoms with Gasteiger partial charge >= 0.3 is 0 Å². The molecule has 1 saturated carbocycles. The molecule has 1 aliphatic carbocycles. The summed E-state index contributed by atoms with van der Waals surface area (Å²) in [5.74, 6) is 1.60. The Morgan fingerprint density at radius 2 is 2.00 bits per heavy atom. The molecule has 0 aromatic heterocycles. The minimum Gasteiger partial charge on any atom is -0.399 e. The Bertz CT molecular complexity index is 373. The third kappa shape index (κ3) is 2.16. The van der Waals surface area contributed by atoms with Gasteiger partial charge in [0.1, 0.15) is 0 Å². The molecule has 0 aliphatic heterocycles. The molecule has 2 nitrogen and oxygen atoms in total. The first kappa shape index (κ1) is 11.3. The summed E-state index contributed by atoms with van der Waals surface area (Å²) in [7, 11) is 0. The Morgan fingerprint density at radius 1 is 1.25 bits per heavy atom. The first-order valence-electron chi connectivity index (χ1n) is 6.20. The number of rotatable bonds is 2. The van der Waals surface area contributed by atoms with E-state index in [-0.39, 0.29) is 0 Å². The lowest BCUT2D eigenvalue weighted by Crippen LogP contribution is -2.23. The fraction of sp³-hybridized carbons (Fsp3) is 0.571. The normalized spacial score (nSPS) is 29.3. The first-order chi connectivity index (χ1) is 7.58. The molecule has 3 atom stereocenters. The van der Waals surface area contributed by atoms with E-state index in [0.717, 1.165) is 23.1 Å². The van der Waals surface area contributed by atoms with Gasteiger partial charge in [-0.15, -0.1) is 0 Å². The highest BCUT2D eigenvalue weighted by Crippen LogP contribution is 2.33. The molecule has 3 unspecified atom stereocenters. The van der Waals surface area contributed by atoms with E-state index in [1.807, 2.05) is 6.07 Å². The Kier molecular flexibility index (Phi) is 3.08. The van der Waals surface area contributed by atoms with Crippen molar-refractivity contribution in [3.05, 3.63) is 23.8 Å². The highest BCUT2D eigenvalue weighted by atomic mass is 14.9. The first-order valence-corrected chi connectivity index (χ1v) is 6.20. The molecule has 0 radical (unpaired) electrons. The number of benzene rings is 1. The van der Waals surface area contributed by atoms with Gasteiger partial charge in [0.25, 0.3) is 0 Å². The van der Waals surface area contributed by atoms with Gasteiger partial charge in [0.15, 0.2) is 0 Å². The average Bonchev–Trinajstić information content (AvgIpc) is 2.55. The molecule has 0 spiro atoms. The summed E-state index contributed by atoms with van der Waals surface area (Å²) < 4.78 is 0. The van der Waals surface area contributed by atoms with Crippen LogP contribution in [0, 0.1) is 18.8 Å². The predicted molar refractivity (Wildman–Crippen MR) is 70.6 cm³/mol. The number of hydrogen-bond donors (Lipinski definition) is 2. The van der Waals surface area contributed by atoms with Gasteiger partial charge in [-0.2, -0.15) is 0 Å². The van der Waals surface area contributed by atoms with E-state index < -0.39 is 0 Å². The summed E-state index contributed by atoms with van der Waals surface area (Å²) in [6.45, 7) is 6.75. The van der Waals surface area contributed by atoms with Gasteiger partial charge in [-0.25, -0.2) is 0 Å². The maximum Gasteiger partial charge on any atom is 0.0346 e. The zero-order chi connectivity index (χ0) is 11.7. The van der Waals surface area contributed by atoms with Crippen molar-refractivity contribution >= 4 is 11.4 Å². The Labute approximate surface area is 98.2 Å². The second kappa shape index (κ2) is 4.36. The number of nitrogen functional groups attached to an aromatic ring is 1. The van der Waals surface area contributed by atoms with Gasteiger partial charge < -0.3 is 11.1 Å². The summed E-state index contributed by atoms with van der Waals surface area (Å²) in [4.78, 5) is 0. The van der Waals surface area contributed by atoms with Crippen molar-refractivity contribution in [1.29, 1.82) is 0 Å². The van der Waals surface area contributed by atoms with E-state index in [1.54, 1.807) is 0 Å². The number of hydrogen-bond acceptors (Lipinski definition) is 2. The van der Waals surface area contributed by atoms with Gasteiger partial charge in [0, 0.05) is 17.4 Å². The highest BCUT2D eigenvalue weighted by molar-refractivity contribution is 5.57. The number of nitrogens with one attached hydrogen (secondary N) is 1. The molecule has 0 saturated heterocycles. The van der Waals surface area contributed by atoms with Crippen LogP contribution in [0.2, 0.25) is 0 Å². The van der Waals surface area contributed by atoms with Crippen molar-refractivity contribution < 1.29 is 0 Å². The molecular weight excluding hydrogens is 196 g/mol. The van der Waals surface area contributed by atoms with Gasteiger partial charge in [0.2, 0.25) is 0 Å². The molecule has 1 aromatic carbocycles. The minimum absolute atomic E-state index is 0.623. The third-order valence-corrected chi connectivity index (χ3v) is 4.09. The maximum atomic E-state index is 5.82. The zero-order valence-electron chi connectivity index (χ0n) is 10.5. The molecule has 2 rings (SSSR count). The van der Waals surface area contributed by atoms with Crippen LogP contribution >= 0.6 is 0 Å². The molecule has 0 heterocycles. The second-order valence-corrected chi connectivity index (χ2v) is 5.24. The summed E-state index contributed by atoms with van der Waals surface area (Å²) in [5.41, 5.74) is 9.05. The molecular formula is C14H22N2. The fourth-order valence-corrected chi connectivity index (χ4v) is 2.55. The van der Waals surface area contributed by atoms with Crippen molar-refractivity contribution in [2.45, 2.75) is 39.7 Å². The quantitative estimate of drug-likeness (QED) is 0.746. The smallest absolute Gasteiger partial charge is 0.0346 e. The van der Waals surface area contributed by atoms with Crippen LogP contribution in [0.4, 0.5) is 11.4 Å². The summed E-state index contributed by atoms with van der Waals surface area (Å²) in [6, 6.07) is 6.84. The van der Waals surface area contributed by atoms with Crippen LogP contribution in [0.1, 0.15) is 32.3 Å². The molecule has 3 N–H and O–H groups in total. The van der Waals surface area contributed by atoms with Crippen molar-refractivity contribution in [3.63, 3.8) is 0 Å². The Hall–Kier alpha value is -1.18. The van der Waals surface area contributed by atoms with Crippen LogP contribution in [0.5, 0.6) is 0 Å². The zero-order valence-corrected chi connectivity index (χ0v) is 10.5. The van der Waals surface area contributed by atoms with E-state index >= 15 is 0 Å². The van der Waals surface area contributed by atoms with E-state index in [4.69, 9.17) is 5.73 Å². The van der Waals surface area contributed by atoms with Crippen LogP contribution in [-0.2, 0) is 0 Å². The van der Waals surface area contributed by atoms with E-state index in [1.165, 1.54) is 18.5 Å². The van der Waals surface area contributed by atoms with Crippen molar-refractivity contribution in [2.75, 3.05) is 11.1 Å². The number of aryl methyl sites for hydroxylation is 1. The molecule has 1 aliphatic rings. The number of anilines is 2. The molecule has 0 bridgehead atoms. The molecule has 2 heteroatoms. The van der Waals surface area contributed by atoms with Crippen LogP contribution in [-0.4, -0.2) is 6.04 Å². The lowest BCUT2D eigenvalue weighted by atomic mass is 9.97. The summed E-state index contributed by atoms with van der Waals surface area (Å²) in [6.07, 6.45) is 2.62. The standard InChI is InChI=1S/C14H22N2/c1-9-4-7-14(11(9)3)16-12-5-6-13(15)10(2)8-12/h5-6,8-9,11,14,16H,4,7,15H2,1-3H3. The number of nitrogens with two attached hydrogens (primary N) is 1. The van der Waals surface area contributed by atoms with Gasteiger partial charge in [0.05, 0.1) is 0 Å². The summed E-state index contributed by atoms with van der Waals surface area (Å²) >= 11 is 0.